The van der Waals surface area contributed by atoms with Gasteiger partial charge < -0.3 is 16.0 Å². The summed E-state index contributed by atoms with van der Waals surface area (Å²) >= 11 is 0. The molecule has 1 unspecified atom stereocenters. The van der Waals surface area contributed by atoms with Gasteiger partial charge in [-0.15, -0.1) is 0 Å². The minimum atomic E-state index is 0.00856. The van der Waals surface area contributed by atoms with Gasteiger partial charge in [-0.2, -0.15) is 0 Å². The number of rotatable bonds is 7. The fraction of sp³-hybridized carbons (Fsp3) is 0.900. The third-order valence-corrected chi connectivity index (χ3v) is 2.31. The Morgan fingerprint density at radius 1 is 1.57 bits per heavy atom. The molecule has 3 N–H and O–H groups in total. The highest BCUT2D eigenvalue weighted by molar-refractivity contribution is 5.76. The molecule has 0 aliphatic heterocycles. The van der Waals surface area contributed by atoms with Crippen LogP contribution in [-0.4, -0.2) is 44.0 Å². The summed E-state index contributed by atoms with van der Waals surface area (Å²) in [6, 6.07) is 0.00856. The molecule has 0 aliphatic carbocycles. The predicted octanol–water partition coefficient (Wildman–Crippen LogP) is 0.182. The van der Waals surface area contributed by atoms with E-state index in [-0.39, 0.29) is 11.9 Å². The molecule has 1 atom stereocenters. The Hall–Kier alpha value is -0.610. The van der Waals surface area contributed by atoms with Crippen molar-refractivity contribution in [1.29, 1.82) is 0 Å². The van der Waals surface area contributed by atoms with Gasteiger partial charge in [0.1, 0.15) is 0 Å². The lowest BCUT2D eigenvalue weighted by Crippen LogP contribution is -2.34. The van der Waals surface area contributed by atoms with Crippen molar-refractivity contribution in [2.75, 3.05) is 27.2 Å². The summed E-state index contributed by atoms with van der Waals surface area (Å²) in [5.41, 5.74) is 5.71. The van der Waals surface area contributed by atoms with Gasteiger partial charge in [0.15, 0.2) is 0 Å². The first kappa shape index (κ1) is 13.4. The maximum atomic E-state index is 11.5. The molecule has 0 aromatic heterocycles. The molecule has 0 aliphatic rings. The second-order valence-corrected chi connectivity index (χ2v) is 3.64. The maximum Gasteiger partial charge on any atom is 0.223 e. The molecule has 0 fully saturated rings. The first-order valence-electron chi connectivity index (χ1n) is 5.26. The largest absolute Gasteiger partial charge is 0.346 e. The molecule has 0 saturated carbocycles. The molecule has 1 amide bonds. The number of hydrogen-bond acceptors (Lipinski definition) is 3. The van der Waals surface area contributed by atoms with Crippen LogP contribution in [0.25, 0.3) is 0 Å². The lowest BCUT2D eigenvalue weighted by Gasteiger charge is -2.18. The highest BCUT2D eigenvalue weighted by Crippen LogP contribution is 1.98. The van der Waals surface area contributed by atoms with Crippen LogP contribution in [0.15, 0.2) is 0 Å². The molecular formula is C10H23N3O. The highest BCUT2D eigenvalue weighted by Gasteiger charge is 2.11. The molecule has 4 heteroatoms. The van der Waals surface area contributed by atoms with E-state index in [0.29, 0.717) is 6.42 Å². The molecule has 0 bridgehead atoms. The first-order valence-corrected chi connectivity index (χ1v) is 5.26. The van der Waals surface area contributed by atoms with E-state index in [1.807, 2.05) is 21.0 Å². The number of nitrogens with two attached hydrogens (primary N) is 1. The average molecular weight is 201 g/mol. The van der Waals surface area contributed by atoms with E-state index in [2.05, 4.69) is 5.32 Å². The molecule has 0 spiro atoms. The minimum absolute atomic E-state index is 0.00856. The van der Waals surface area contributed by atoms with Crippen molar-refractivity contribution in [3.8, 4) is 0 Å². The topological polar surface area (TPSA) is 58.4 Å². The van der Waals surface area contributed by atoms with Crippen LogP contribution in [0.5, 0.6) is 0 Å². The van der Waals surface area contributed by atoms with E-state index >= 15 is 0 Å². The SMILES string of the molecule is CCC(N)CC(=O)N(C)CCCNC. The molecule has 4 nitrogen and oxygen atoms in total. The van der Waals surface area contributed by atoms with Crippen molar-refractivity contribution in [3.05, 3.63) is 0 Å². The van der Waals surface area contributed by atoms with Gasteiger partial charge in [-0.1, -0.05) is 6.92 Å². The monoisotopic (exact) mass is 201 g/mol. The van der Waals surface area contributed by atoms with E-state index in [4.69, 9.17) is 5.73 Å². The van der Waals surface area contributed by atoms with Crippen LogP contribution >= 0.6 is 0 Å². The lowest BCUT2D eigenvalue weighted by atomic mass is 10.1. The first-order chi connectivity index (χ1) is 6.61. The zero-order valence-electron chi connectivity index (χ0n) is 9.55. The fourth-order valence-electron chi connectivity index (χ4n) is 1.14. The van der Waals surface area contributed by atoms with Gasteiger partial charge in [-0.25, -0.2) is 0 Å². The zero-order valence-corrected chi connectivity index (χ0v) is 9.55. The van der Waals surface area contributed by atoms with Crippen LogP contribution in [0, 0.1) is 0 Å². The van der Waals surface area contributed by atoms with Crippen LogP contribution < -0.4 is 11.1 Å². The van der Waals surface area contributed by atoms with Crippen molar-refractivity contribution in [2.45, 2.75) is 32.2 Å². The Kier molecular flexibility index (Phi) is 7.42. The molecule has 0 aromatic rings. The van der Waals surface area contributed by atoms with Crippen molar-refractivity contribution < 1.29 is 4.79 Å². The number of amides is 1. The van der Waals surface area contributed by atoms with E-state index < -0.39 is 0 Å². The molecular weight excluding hydrogens is 178 g/mol. The van der Waals surface area contributed by atoms with E-state index in [1.54, 1.807) is 4.90 Å². The van der Waals surface area contributed by atoms with Crippen molar-refractivity contribution >= 4 is 5.91 Å². The Labute approximate surface area is 86.8 Å². The third-order valence-electron chi connectivity index (χ3n) is 2.31. The van der Waals surface area contributed by atoms with Crippen LogP contribution in [0.3, 0.4) is 0 Å². The van der Waals surface area contributed by atoms with Crippen molar-refractivity contribution in [3.63, 3.8) is 0 Å². The van der Waals surface area contributed by atoms with E-state index in [0.717, 1.165) is 25.9 Å². The van der Waals surface area contributed by atoms with Gasteiger partial charge in [0, 0.05) is 26.1 Å². The smallest absolute Gasteiger partial charge is 0.223 e. The summed E-state index contributed by atoms with van der Waals surface area (Å²) in [6.07, 6.45) is 2.31. The molecule has 0 radical (unpaired) electrons. The summed E-state index contributed by atoms with van der Waals surface area (Å²) in [5, 5.41) is 3.05. The Balaban J connectivity index is 3.64. The molecule has 0 saturated heterocycles. The number of nitrogens with zero attached hydrogens (tertiary/aromatic N) is 1. The minimum Gasteiger partial charge on any atom is -0.346 e. The van der Waals surface area contributed by atoms with Crippen LogP contribution in [0.2, 0.25) is 0 Å². The Bertz CT molecular complexity index is 161. The van der Waals surface area contributed by atoms with Gasteiger partial charge in [-0.3, -0.25) is 4.79 Å². The Morgan fingerprint density at radius 3 is 2.71 bits per heavy atom. The van der Waals surface area contributed by atoms with Crippen LogP contribution in [0.4, 0.5) is 0 Å². The van der Waals surface area contributed by atoms with Crippen molar-refractivity contribution in [1.82, 2.24) is 10.2 Å². The molecule has 0 aromatic carbocycles. The van der Waals surface area contributed by atoms with E-state index in [1.165, 1.54) is 0 Å². The fourth-order valence-corrected chi connectivity index (χ4v) is 1.14. The lowest BCUT2D eigenvalue weighted by molar-refractivity contribution is -0.130. The van der Waals surface area contributed by atoms with Crippen LogP contribution in [0.1, 0.15) is 26.2 Å². The van der Waals surface area contributed by atoms with Gasteiger partial charge in [0.05, 0.1) is 0 Å². The normalized spacial score (nSPS) is 12.6. The number of carbonyl (C=O) groups is 1. The highest BCUT2D eigenvalue weighted by atomic mass is 16.2. The van der Waals surface area contributed by atoms with Gasteiger partial charge in [0.25, 0.3) is 0 Å². The maximum absolute atomic E-state index is 11.5. The van der Waals surface area contributed by atoms with Gasteiger partial charge in [0.2, 0.25) is 5.91 Å². The molecule has 84 valence electrons. The molecule has 14 heavy (non-hydrogen) atoms. The molecule has 0 heterocycles. The van der Waals surface area contributed by atoms with Crippen LogP contribution in [-0.2, 0) is 4.79 Å². The summed E-state index contributed by atoms with van der Waals surface area (Å²) < 4.78 is 0. The zero-order chi connectivity index (χ0) is 11.0. The summed E-state index contributed by atoms with van der Waals surface area (Å²) in [4.78, 5) is 13.3. The second kappa shape index (κ2) is 7.76. The van der Waals surface area contributed by atoms with Gasteiger partial charge >= 0.3 is 0 Å². The van der Waals surface area contributed by atoms with Gasteiger partial charge in [-0.05, 0) is 26.4 Å². The van der Waals surface area contributed by atoms with Crippen molar-refractivity contribution in [2.24, 2.45) is 5.73 Å². The summed E-state index contributed by atoms with van der Waals surface area (Å²) in [5.74, 6) is 0.149. The average Bonchev–Trinajstić information content (AvgIpc) is 2.17. The number of hydrogen-bond donors (Lipinski definition) is 2. The summed E-state index contributed by atoms with van der Waals surface area (Å²) in [7, 11) is 3.75. The standard InChI is InChI=1S/C10H23N3O/c1-4-9(11)8-10(14)13(3)7-5-6-12-2/h9,12H,4-8,11H2,1-3H3. The third kappa shape index (κ3) is 5.94. The quantitative estimate of drug-likeness (QED) is 0.578. The second-order valence-electron chi connectivity index (χ2n) is 3.64. The van der Waals surface area contributed by atoms with E-state index in [9.17, 15) is 4.79 Å². The summed E-state index contributed by atoms with van der Waals surface area (Å²) in [6.45, 7) is 3.74. The Morgan fingerprint density at radius 2 is 2.21 bits per heavy atom. The number of nitrogens with one attached hydrogen (secondary N) is 1. The molecule has 0 rings (SSSR count). The number of carbonyl (C=O) groups excluding carboxylic acids is 1. The predicted molar refractivity (Wildman–Crippen MR) is 59.1 cm³/mol.